The van der Waals surface area contributed by atoms with E-state index in [9.17, 15) is 14.4 Å². The summed E-state index contributed by atoms with van der Waals surface area (Å²) in [6, 6.07) is 9.72. The molecule has 1 aliphatic carbocycles. The van der Waals surface area contributed by atoms with Gasteiger partial charge in [0, 0.05) is 43.2 Å². The second kappa shape index (κ2) is 8.40. The molecule has 3 aromatic heterocycles. The fourth-order valence-corrected chi connectivity index (χ4v) is 3.71. The quantitative estimate of drug-likeness (QED) is 0.699. The number of amides is 1. The van der Waals surface area contributed by atoms with Crippen LogP contribution >= 0.6 is 0 Å². The van der Waals surface area contributed by atoms with Crippen LogP contribution in [0.4, 0.5) is 0 Å². The lowest BCUT2D eigenvalue weighted by molar-refractivity contribution is 0.0914. The first-order valence-electron chi connectivity index (χ1n) is 9.87. The summed E-state index contributed by atoms with van der Waals surface area (Å²) in [5, 5.41) is 11.5. The number of pyridine rings is 1. The second-order valence-electron chi connectivity index (χ2n) is 7.40. The van der Waals surface area contributed by atoms with E-state index in [1.54, 1.807) is 29.2 Å². The van der Waals surface area contributed by atoms with Crippen LogP contribution in [0.5, 0.6) is 0 Å². The zero-order valence-corrected chi connectivity index (χ0v) is 16.6. The highest BCUT2D eigenvalue weighted by molar-refractivity contribution is 5.92. The summed E-state index contributed by atoms with van der Waals surface area (Å²) in [5.74, 6) is -0.302. The standard InChI is InChI=1S/C21H22N6O3/c1-26-19(28)8-7-18(24-26)21(30)23-15-2-4-16(5-3-15)27-20(29)9-6-17(25-27)14-10-12-22-13-11-14/h6-13,15-16H,2-5H2,1H3,(H,23,30). The first-order valence-corrected chi connectivity index (χ1v) is 9.87. The topological polar surface area (TPSA) is 112 Å². The van der Waals surface area contributed by atoms with Crippen molar-refractivity contribution in [1.29, 1.82) is 0 Å². The van der Waals surface area contributed by atoms with E-state index in [4.69, 9.17) is 0 Å². The molecule has 0 atom stereocenters. The van der Waals surface area contributed by atoms with Crippen molar-refractivity contribution in [2.75, 3.05) is 0 Å². The van der Waals surface area contributed by atoms with Gasteiger partial charge in [-0.1, -0.05) is 0 Å². The molecular weight excluding hydrogens is 384 g/mol. The van der Waals surface area contributed by atoms with Crippen LogP contribution in [0.1, 0.15) is 42.2 Å². The number of carbonyl (C=O) groups is 1. The van der Waals surface area contributed by atoms with Crippen LogP contribution in [0.15, 0.2) is 58.4 Å². The smallest absolute Gasteiger partial charge is 0.271 e. The van der Waals surface area contributed by atoms with Crippen molar-refractivity contribution in [3.05, 3.63) is 75.2 Å². The average molecular weight is 406 g/mol. The molecule has 1 fully saturated rings. The number of nitrogens with one attached hydrogen (secondary N) is 1. The maximum absolute atomic E-state index is 12.4. The largest absolute Gasteiger partial charge is 0.348 e. The summed E-state index contributed by atoms with van der Waals surface area (Å²) >= 11 is 0. The van der Waals surface area contributed by atoms with Crippen molar-refractivity contribution in [2.24, 2.45) is 7.05 Å². The molecule has 154 valence electrons. The summed E-state index contributed by atoms with van der Waals surface area (Å²) in [4.78, 5) is 40.2. The van der Waals surface area contributed by atoms with Gasteiger partial charge in [0.2, 0.25) is 0 Å². The van der Waals surface area contributed by atoms with E-state index in [0.29, 0.717) is 0 Å². The summed E-state index contributed by atoms with van der Waals surface area (Å²) in [5.41, 5.74) is 1.45. The first kappa shape index (κ1) is 19.7. The van der Waals surface area contributed by atoms with Crippen LogP contribution < -0.4 is 16.4 Å². The fourth-order valence-electron chi connectivity index (χ4n) is 3.71. The predicted molar refractivity (Wildman–Crippen MR) is 110 cm³/mol. The van der Waals surface area contributed by atoms with Gasteiger partial charge in [0.25, 0.3) is 17.0 Å². The van der Waals surface area contributed by atoms with Crippen LogP contribution in [-0.4, -0.2) is 36.5 Å². The Kier molecular flexibility index (Phi) is 5.51. The van der Waals surface area contributed by atoms with Gasteiger partial charge in [0.15, 0.2) is 0 Å². The molecule has 0 bridgehead atoms. The van der Waals surface area contributed by atoms with E-state index in [0.717, 1.165) is 41.6 Å². The summed E-state index contributed by atoms with van der Waals surface area (Å²) in [7, 11) is 1.51. The second-order valence-corrected chi connectivity index (χ2v) is 7.40. The first-order chi connectivity index (χ1) is 14.5. The fraction of sp³-hybridized carbons (Fsp3) is 0.333. The molecule has 0 unspecified atom stereocenters. The summed E-state index contributed by atoms with van der Waals surface area (Å²) in [6.07, 6.45) is 6.32. The van der Waals surface area contributed by atoms with Gasteiger partial charge in [0.05, 0.1) is 11.7 Å². The maximum Gasteiger partial charge on any atom is 0.271 e. The Hall–Kier alpha value is -3.62. The number of carbonyl (C=O) groups excluding carboxylic acids is 1. The lowest BCUT2D eigenvalue weighted by atomic mass is 9.91. The van der Waals surface area contributed by atoms with Crippen LogP contribution in [0.2, 0.25) is 0 Å². The van der Waals surface area contributed by atoms with Crippen molar-refractivity contribution in [3.63, 3.8) is 0 Å². The van der Waals surface area contributed by atoms with Crippen molar-refractivity contribution >= 4 is 5.91 Å². The SMILES string of the molecule is Cn1nc(C(=O)NC2CCC(n3nc(-c4ccncc4)ccc3=O)CC2)ccc1=O. The minimum atomic E-state index is -0.302. The summed E-state index contributed by atoms with van der Waals surface area (Å²) < 4.78 is 2.70. The van der Waals surface area contributed by atoms with Gasteiger partial charge in [0.1, 0.15) is 5.69 Å². The third-order valence-electron chi connectivity index (χ3n) is 5.37. The number of rotatable bonds is 4. The van der Waals surface area contributed by atoms with Crippen molar-refractivity contribution in [2.45, 2.75) is 37.8 Å². The van der Waals surface area contributed by atoms with Crippen molar-refractivity contribution < 1.29 is 4.79 Å². The Morgan fingerprint density at radius 3 is 2.33 bits per heavy atom. The van der Waals surface area contributed by atoms with E-state index >= 15 is 0 Å². The molecule has 9 nitrogen and oxygen atoms in total. The Morgan fingerprint density at radius 1 is 0.933 bits per heavy atom. The molecule has 1 N–H and O–H groups in total. The van der Waals surface area contributed by atoms with Gasteiger partial charge in [-0.2, -0.15) is 10.2 Å². The molecule has 0 saturated heterocycles. The van der Waals surface area contributed by atoms with Crippen LogP contribution in [0, 0.1) is 0 Å². The zero-order chi connectivity index (χ0) is 21.1. The predicted octanol–water partition coefficient (Wildman–Crippen LogP) is 1.31. The van der Waals surface area contributed by atoms with Crippen LogP contribution in [0.25, 0.3) is 11.3 Å². The molecule has 0 radical (unpaired) electrons. The number of hydrogen-bond donors (Lipinski definition) is 1. The Morgan fingerprint density at radius 2 is 1.63 bits per heavy atom. The van der Waals surface area contributed by atoms with Crippen LogP contribution in [-0.2, 0) is 7.05 Å². The molecule has 0 spiro atoms. The molecule has 9 heteroatoms. The van der Waals surface area contributed by atoms with E-state index in [-0.39, 0.29) is 34.8 Å². The normalized spacial score (nSPS) is 18.7. The molecule has 4 rings (SSSR count). The van der Waals surface area contributed by atoms with Crippen molar-refractivity contribution in [1.82, 2.24) is 29.9 Å². The Balaban J connectivity index is 1.42. The van der Waals surface area contributed by atoms with Crippen molar-refractivity contribution in [3.8, 4) is 11.3 Å². The molecule has 1 amide bonds. The molecule has 3 heterocycles. The highest BCUT2D eigenvalue weighted by atomic mass is 16.2. The molecule has 3 aromatic rings. The molecule has 0 aliphatic heterocycles. The minimum Gasteiger partial charge on any atom is -0.348 e. The summed E-state index contributed by atoms with van der Waals surface area (Å²) in [6.45, 7) is 0. The third-order valence-corrected chi connectivity index (χ3v) is 5.37. The van der Waals surface area contributed by atoms with Gasteiger partial charge in [-0.3, -0.25) is 19.4 Å². The number of aryl methyl sites for hydroxylation is 1. The average Bonchev–Trinajstić information content (AvgIpc) is 2.77. The molecule has 1 saturated carbocycles. The maximum atomic E-state index is 12.4. The lowest BCUT2D eigenvalue weighted by Crippen LogP contribution is -2.40. The van der Waals surface area contributed by atoms with Gasteiger partial charge in [-0.15, -0.1) is 0 Å². The monoisotopic (exact) mass is 406 g/mol. The highest BCUT2D eigenvalue weighted by Crippen LogP contribution is 2.27. The molecule has 1 aliphatic rings. The number of aromatic nitrogens is 5. The van der Waals surface area contributed by atoms with E-state index in [2.05, 4.69) is 20.5 Å². The van der Waals surface area contributed by atoms with Gasteiger partial charge in [-0.05, 0) is 49.9 Å². The molecule has 30 heavy (non-hydrogen) atoms. The van der Waals surface area contributed by atoms with Gasteiger partial charge in [-0.25, -0.2) is 9.36 Å². The van der Waals surface area contributed by atoms with E-state index in [1.165, 1.54) is 19.2 Å². The van der Waals surface area contributed by atoms with Gasteiger partial charge < -0.3 is 5.32 Å². The lowest BCUT2D eigenvalue weighted by Gasteiger charge is -2.29. The van der Waals surface area contributed by atoms with E-state index < -0.39 is 0 Å². The number of hydrogen-bond acceptors (Lipinski definition) is 6. The van der Waals surface area contributed by atoms with Gasteiger partial charge >= 0.3 is 0 Å². The molecular formula is C21H22N6O3. The minimum absolute atomic E-state index is 0.00753. The Labute approximate surface area is 172 Å². The van der Waals surface area contributed by atoms with E-state index in [1.807, 2.05) is 12.1 Å². The number of nitrogens with zero attached hydrogens (tertiary/aromatic N) is 5. The van der Waals surface area contributed by atoms with Crippen LogP contribution in [0.3, 0.4) is 0 Å². The third kappa shape index (κ3) is 4.19. The molecule has 0 aromatic carbocycles. The Bertz CT molecular complexity index is 1160. The highest BCUT2D eigenvalue weighted by Gasteiger charge is 2.25. The zero-order valence-electron chi connectivity index (χ0n) is 16.6.